The van der Waals surface area contributed by atoms with E-state index in [9.17, 15) is 9.59 Å². The van der Waals surface area contributed by atoms with Gasteiger partial charge >= 0.3 is 12.0 Å². The normalized spacial score (nSPS) is 27.5. The second-order valence-corrected chi connectivity index (χ2v) is 4.21. The number of hydrogen-bond donors (Lipinski definition) is 2. The van der Waals surface area contributed by atoms with Crippen molar-refractivity contribution >= 4 is 12.0 Å². The Labute approximate surface area is 89.4 Å². The average molecular weight is 214 g/mol. The van der Waals surface area contributed by atoms with Gasteiger partial charge in [0, 0.05) is 12.6 Å². The molecule has 3 atom stereocenters. The van der Waals surface area contributed by atoms with Crippen molar-refractivity contribution in [3.8, 4) is 0 Å². The SMILES string of the molecule is CC(NC(=O)N1CCC(C)C1C)C(=O)O. The number of carbonyl (C=O) groups excluding carboxylic acids is 1. The zero-order valence-electron chi connectivity index (χ0n) is 9.36. The molecule has 1 aliphatic rings. The number of likely N-dealkylation sites (tertiary alicyclic amines) is 1. The summed E-state index contributed by atoms with van der Waals surface area (Å²) in [7, 11) is 0. The van der Waals surface area contributed by atoms with Gasteiger partial charge in [0.1, 0.15) is 6.04 Å². The minimum absolute atomic E-state index is 0.186. The Morgan fingerprint density at radius 3 is 2.47 bits per heavy atom. The van der Waals surface area contributed by atoms with E-state index >= 15 is 0 Å². The lowest BCUT2D eigenvalue weighted by atomic mass is 10.1. The lowest BCUT2D eigenvalue weighted by Gasteiger charge is -2.24. The Morgan fingerprint density at radius 2 is 2.07 bits per heavy atom. The molecular weight excluding hydrogens is 196 g/mol. The molecule has 3 unspecified atom stereocenters. The number of amides is 2. The van der Waals surface area contributed by atoms with Crippen molar-refractivity contribution < 1.29 is 14.7 Å². The molecule has 86 valence electrons. The van der Waals surface area contributed by atoms with Gasteiger partial charge in [-0.3, -0.25) is 4.79 Å². The molecule has 0 spiro atoms. The first kappa shape index (κ1) is 11.8. The molecule has 0 radical (unpaired) electrons. The van der Waals surface area contributed by atoms with Gasteiger partial charge in [-0.2, -0.15) is 0 Å². The number of aliphatic carboxylic acids is 1. The van der Waals surface area contributed by atoms with Crippen molar-refractivity contribution in [1.29, 1.82) is 0 Å². The van der Waals surface area contributed by atoms with Crippen LogP contribution in [0.25, 0.3) is 0 Å². The van der Waals surface area contributed by atoms with Crippen LogP contribution in [0.5, 0.6) is 0 Å². The second-order valence-electron chi connectivity index (χ2n) is 4.21. The number of rotatable bonds is 2. The zero-order chi connectivity index (χ0) is 11.6. The molecule has 1 saturated heterocycles. The van der Waals surface area contributed by atoms with Crippen LogP contribution in [0, 0.1) is 5.92 Å². The van der Waals surface area contributed by atoms with Crippen LogP contribution < -0.4 is 5.32 Å². The third-order valence-corrected chi connectivity index (χ3v) is 3.11. The molecule has 1 aliphatic heterocycles. The quantitative estimate of drug-likeness (QED) is 0.717. The van der Waals surface area contributed by atoms with Gasteiger partial charge in [-0.1, -0.05) is 6.92 Å². The third kappa shape index (κ3) is 2.61. The van der Waals surface area contributed by atoms with E-state index in [4.69, 9.17) is 5.11 Å². The fourth-order valence-electron chi connectivity index (χ4n) is 1.71. The van der Waals surface area contributed by atoms with E-state index in [0.29, 0.717) is 12.5 Å². The van der Waals surface area contributed by atoms with E-state index in [2.05, 4.69) is 12.2 Å². The van der Waals surface area contributed by atoms with Crippen LogP contribution in [-0.4, -0.2) is 40.6 Å². The van der Waals surface area contributed by atoms with Gasteiger partial charge in [0.25, 0.3) is 0 Å². The van der Waals surface area contributed by atoms with Crippen LogP contribution in [-0.2, 0) is 4.79 Å². The summed E-state index contributed by atoms with van der Waals surface area (Å²) in [6.45, 7) is 6.26. The molecule has 2 amide bonds. The molecule has 0 aromatic heterocycles. The molecule has 5 heteroatoms. The molecule has 1 fully saturated rings. The number of nitrogens with zero attached hydrogens (tertiary/aromatic N) is 1. The van der Waals surface area contributed by atoms with Crippen LogP contribution >= 0.6 is 0 Å². The van der Waals surface area contributed by atoms with Crippen LogP contribution in [0.4, 0.5) is 4.79 Å². The first-order valence-corrected chi connectivity index (χ1v) is 5.23. The third-order valence-electron chi connectivity index (χ3n) is 3.11. The first-order chi connectivity index (χ1) is 6.93. The standard InChI is InChI=1S/C10H18N2O3/c1-6-4-5-12(8(6)3)10(15)11-7(2)9(13)14/h6-8H,4-5H2,1-3H3,(H,11,15)(H,13,14). The Balaban J connectivity index is 2.51. The Kier molecular flexibility index (Phi) is 3.55. The van der Waals surface area contributed by atoms with E-state index in [1.165, 1.54) is 6.92 Å². The van der Waals surface area contributed by atoms with Gasteiger partial charge < -0.3 is 15.3 Å². The highest BCUT2D eigenvalue weighted by Gasteiger charge is 2.31. The predicted octanol–water partition coefficient (Wildman–Crippen LogP) is 0.899. The summed E-state index contributed by atoms with van der Waals surface area (Å²) in [5.41, 5.74) is 0. The van der Waals surface area contributed by atoms with Gasteiger partial charge in [0.05, 0.1) is 0 Å². The maximum atomic E-state index is 11.7. The molecule has 0 aliphatic carbocycles. The zero-order valence-corrected chi connectivity index (χ0v) is 9.36. The summed E-state index contributed by atoms with van der Waals surface area (Å²) in [5, 5.41) is 11.1. The van der Waals surface area contributed by atoms with E-state index in [-0.39, 0.29) is 12.1 Å². The lowest BCUT2D eigenvalue weighted by molar-refractivity contribution is -0.138. The maximum Gasteiger partial charge on any atom is 0.325 e. The summed E-state index contributed by atoms with van der Waals surface area (Å²) < 4.78 is 0. The lowest BCUT2D eigenvalue weighted by Crippen LogP contribution is -2.48. The molecule has 0 aromatic rings. The highest BCUT2D eigenvalue weighted by atomic mass is 16.4. The fourth-order valence-corrected chi connectivity index (χ4v) is 1.71. The molecular formula is C10H18N2O3. The maximum absolute atomic E-state index is 11.7. The molecule has 1 heterocycles. The number of carboxylic acid groups (broad SMARTS) is 1. The van der Waals surface area contributed by atoms with Crippen LogP contribution in [0.1, 0.15) is 27.2 Å². The fraction of sp³-hybridized carbons (Fsp3) is 0.800. The van der Waals surface area contributed by atoms with E-state index in [1.807, 2.05) is 6.92 Å². The van der Waals surface area contributed by atoms with Gasteiger partial charge in [-0.05, 0) is 26.2 Å². The van der Waals surface area contributed by atoms with Crippen molar-refractivity contribution in [2.45, 2.75) is 39.3 Å². The molecule has 0 aromatic carbocycles. The number of hydrogen-bond acceptors (Lipinski definition) is 2. The van der Waals surface area contributed by atoms with Crippen molar-refractivity contribution in [3.63, 3.8) is 0 Å². The molecule has 0 saturated carbocycles. The van der Waals surface area contributed by atoms with Crippen molar-refractivity contribution in [2.24, 2.45) is 5.92 Å². The summed E-state index contributed by atoms with van der Waals surface area (Å²) in [6.07, 6.45) is 0.982. The molecule has 2 N–H and O–H groups in total. The number of urea groups is 1. The minimum atomic E-state index is -1.01. The highest BCUT2D eigenvalue weighted by molar-refractivity contribution is 5.82. The molecule has 0 bridgehead atoms. The summed E-state index contributed by atoms with van der Waals surface area (Å²) >= 11 is 0. The second kappa shape index (κ2) is 4.51. The number of carbonyl (C=O) groups is 2. The topological polar surface area (TPSA) is 69.6 Å². The van der Waals surface area contributed by atoms with Gasteiger partial charge in [-0.15, -0.1) is 0 Å². The summed E-state index contributed by atoms with van der Waals surface area (Å²) in [5.74, 6) is -0.529. The number of nitrogens with one attached hydrogen (secondary N) is 1. The Hall–Kier alpha value is -1.26. The van der Waals surface area contributed by atoms with Gasteiger partial charge in [-0.25, -0.2) is 4.79 Å². The molecule has 5 nitrogen and oxygen atoms in total. The smallest absolute Gasteiger partial charge is 0.325 e. The predicted molar refractivity (Wildman–Crippen MR) is 55.6 cm³/mol. The Morgan fingerprint density at radius 1 is 1.47 bits per heavy atom. The molecule has 15 heavy (non-hydrogen) atoms. The van der Waals surface area contributed by atoms with Crippen molar-refractivity contribution in [1.82, 2.24) is 10.2 Å². The van der Waals surface area contributed by atoms with Crippen LogP contribution in [0.3, 0.4) is 0 Å². The van der Waals surface area contributed by atoms with Gasteiger partial charge in [0.15, 0.2) is 0 Å². The van der Waals surface area contributed by atoms with E-state index < -0.39 is 12.0 Å². The Bertz CT molecular complexity index is 267. The average Bonchev–Trinajstić information content (AvgIpc) is 2.47. The van der Waals surface area contributed by atoms with Crippen LogP contribution in [0.2, 0.25) is 0 Å². The minimum Gasteiger partial charge on any atom is -0.480 e. The summed E-state index contributed by atoms with van der Waals surface area (Å²) in [4.78, 5) is 23.9. The summed E-state index contributed by atoms with van der Waals surface area (Å²) in [6, 6.07) is -0.923. The van der Waals surface area contributed by atoms with Crippen LogP contribution in [0.15, 0.2) is 0 Å². The first-order valence-electron chi connectivity index (χ1n) is 5.23. The van der Waals surface area contributed by atoms with Crippen molar-refractivity contribution in [3.05, 3.63) is 0 Å². The van der Waals surface area contributed by atoms with E-state index in [1.54, 1.807) is 4.90 Å². The highest BCUT2D eigenvalue weighted by Crippen LogP contribution is 2.22. The van der Waals surface area contributed by atoms with Crippen molar-refractivity contribution in [2.75, 3.05) is 6.54 Å². The largest absolute Gasteiger partial charge is 0.480 e. The number of carboxylic acids is 1. The van der Waals surface area contributed by atoms with E-state index in [0.717, 1.165) is 6.42 Å². The molecule has 1 rings (SSSR count). The monoisotopic (exact) mass is 214 g/mol. The van der Waals surface area contributed by atoms with Gasteiger partial charge in [0.2, 0.25) is 0 Å².